The zero-order valence-corrected chi connectivity index (χ0v) is 17.9. The van der Waals surface area contributed by atoms with E-state index in [2.05, 4.69) is 10.3 Å². The van der Waals surface area contributed by atoms with Crippen molar-refractivity contribution in [3.05, 3.63) is 76.0 Å². The summed E-state index contributed by atoms with van der Waals surface area (Å²) in [6.07, 6.45) is 1.57. The summed E-state index contributed by atoms with van der Waals surface area (Å²) in [5.74, 6) is 0.241. The van der Waals surface area contributed by atoms with Crippen LogP contribution >= 0.6 is 11.6 Å². The number of aromatic amines is 1. The molecule has 0 unspecified atom stereocenters. The number of benzene rings is 1. The molecule has 8 heteroatoms. The summed E-state index contributed by atoms with van der Waals surface area (Å²) in [6.45, 7) is 6.31. The summed E-state index contributed by atoms with van der Waals surface area (Å²) >= 11 is 5.92. The first-order valence-electron chi connectivity index (χ1n) is 9.58. The van der Waals surface area contributed by atoms with Gasteiger partial charge in [0.05, 0.1) is 19.4 Å². The quantitative estimate of drug-likeness (QED) is 0.499. The van der Waals surface area contributed by atoms with Gasteiger partial charge in [0.1, 0.15) is 11.5 Å². The number of furan rings is 1. The molecule has 7 nitrogen and oxygen atoms in total. The number of amides is 2. The van der Waals surface area contributed by atoms with Crippen LogP contribution in [0.25, 0.3) is 0 Å². The zero-order valence-electron chi connectivity index (χ0n) is 17.1. The first kappa shape index (κ1) is 21.5. The van der Waals surface area contributed by atoms with Crippen LogP contribution in [0, 0.1) is 13.8 Å². The first-order chi connectivity index (χ1) is 14.4. The van der Waals surface area contributed by atoms with Gasteiger partial charge in [-0.2, -0.15) is 0 Å². The largest absolute Gasteiger partial charge is 0.467 e. The summed E-state index contributed by atoms with van der Waals surface area (Å²) in [4.78, 5) is 29.9. The Kier molecular flexibility index (Phi) is 6.84. The van der Waals surface area contributed by atoms with Gasteiger partial charge in [-0.05, 0) is 68.3 Å². The Hall–Kier alpha value is -3.19. The van der Waals surface area contributed by atoms with Gasteiger partial charge < -0.3 is 24.4 Å². The van der Waals surface area contributed by atoms with Gasteiger partial charge in [0.25, 0.3) is 0 Å². The van der Waals surface area contributed by atoms with Crippen molar-refractivity contribution >= 4 is 29.3 Å². The van der Waals surface area contributed by atoms with Crippen molar-refractivity contribution in [3.63, 3.8) is 0 Å². The van der Waals surface area contributed by atoms with Crippen LogP contribution in [0.1, 0.15) is 40.0 Å². The van der Waals surface area contributed by atoms with E-state index in [1.807, 2.05) is 19.9 Å². The molecule has 0 atom stereocenters. The molecule has 2 amide bonds. The van der Waals surface area contributed by atoms with Crippen molar-refractivity contribution in [1.82, 2.24) is 9.88 Å². The van der Waals surface area contributed by atoms with Crippen molar-refractivity contribution in [1.29, 1.82) is 0 Å². The second-order valence-electron chi connectivity index (χ2n) is 6.82. The molecule has 0 spiro atoms. The highest BCUT2D eigenvalue weighted by Gasteiger charge is 2.23. The van der Waals surface area contributed by atoms with Gasteiger partial charge >= 0.3 is 12.0 Å². The maximum Gasteiger partial charge on any atom is 0.355 e. The molecule has 0 radical (unpaired) electrons. The molecule has 0 saturated heterocycles. The van der Waals surface area contributed by atoms with Crippen LogP contribution in [-0.2, 0) is 17.8 Å². The van der Waals surface area contributed by atoms with Gasteiger partial charge in [0, 0.05) is 22.9 Å². The SMILES string of the molecule is CCOC(=O)c1[nH]c(C)c(CN(Cc2ccco2)C(=O)Nc2ccc(Cl)cc2)c1C. The third-order valence-electron chi connectivity index (χ3n) is 4.73. The number of carbonyl (C=O) groups is 2. The second-order valence-corrected chi connectivity index (χ2v) is 7.26. The van der Waals surface area contributed by atoms with E-state index < -0.39 is 5.97 Å². The lowest BCUT2D eigenvalue weighted by atomic mass is 10.1. The number of nitrogens with one attached hydrogen (secondary N) is 2. The molecule has 1 aromatic carbocycles. The number of aryl methyl sites for hydroxylation is 1. The van der Waals surface area contributed by atoms with Crippen LogP contribution in [0.15, 0.2) is 47.1 Å². The molecule has 2 N–H and O–H groups in total. The number of aromatic nitrogens is 1. The zero-order chi connectivity index (χ0) is 21.7. The predicted molar refractivity (Wildman–Crippen MR) is 115 cm³/mol. The van der Waals surface area contributed by atoms with E-state index >= 15 is 0 Å². The number of rotatable bonds is 7. The molecule has 0 aliphatic heterocycles. The number of anilines is 1. The number of hydrogen-bond acceptors (Lipinski definition) is 4. The molecule has 0 aliphatic carbocycles. The van der Waals surface area contributed by atoms with Gasteiger partial charge in [-0.3, -0.25) is 0 Å². The Bertz CT molecular complexity index is 1010. The number of hydrogen-bond donors (Lipinski definition) is 2. The van der Waals surface area contributed by atoms with E-state index in [1.54, 1.807) is 48.4 Å². The average Bonchev–Trinajstić information content (AvgIpc) is 3.32. The summed E-state index contributed by atoms with van der Waals surface area (Å²) in [7, 11) is 0. The molecule has 2 aromatic heterocycles. The molecule has 3 aromatic rings. The van der Waals surface area contributed by atoms with Crippen molar-refractivity contribution in [2.45, 2.75) is 33.9 Å². The van der Waals surface area contributed by atoms with Gasteiger partial charge in [-0.1, -0.05) is 11.6 Å². The molecule has 3 rings (SSSR count). The third kappa shape index (κ3) is 5.04. The van der Waals surface area contributed by atoms with Crippen LogP contribution in [0.4, 0.5) is 10.5 Å². The van der Waals surface area contributed by atoms with Crippen LogP contribution in [0.2, 0.25) is 5.02 Å². The lowest BCUT2D eigenvalue weighted by Crippen LogP contribution is -2.34. The van der Waals surface area contributed by atoms with Crippen LogP contribution in [-0.4, -0.2) is 28.5 Å². The lowest BCUT2D eigenvalue weighted by Gasteiger charge is -2.23. The number of nitrogens with zero attached hydrogens (tertiary/aromatic N) is 1. The van der Waals surface area contributed by atoms with Crippen molar-refractivity contribution in [2.24, 2.45) is 0 Å². The third-order valence-corrected chi connectivity index (χ3v) is 4.98. The Balaban J connectivity index is 1.85. The summed E-state index contributed by atoms with van der Waals surface area (Å²) < 4.78 is 10.5. The van der Waals surface area contributed by atoms with E-state index in [-0.39, 0.29) is 19.1 Å². The molecule has 0 fully saturated rings. The van der Waals surface area contributed by atoms with Gasteiger partial charge in [0.2, 0.25) is 0 Å². The fourth-order valence-electron chi connectivity index (χ4n) is 3.15. The van der Waals surface area contributed by atoms with Crippen LogP contribution in [0.5, 0.6) is 0 Å². The maximum absolute atomic E-state index is 13.0. The summed E-state index contributed by atoms with van der Waals surface area (Å²) in [5, 5.41) is 3.46. The fourth-order valence-corrected chi connectivity index (χ4v) is 3.28. The first-order valence-corrected chi connectivity index (χ1v) is 9.95. The Morgan fingerprint density at radius 1 is 1.17 bits per heavy atom. The number of carbonyl (C=O) groups excluding carboxylic acids is 2. The number of ether oxygens (including phenoxy) is 1. The Morgan fingerprint density at radius 3 is 2.53 bits per heavy atom. The fraction of sp³-hybridized carbons (Fsp3) is 0.273. The summed E-state index contributed by atoms with van der Waals surface area (Å²) in [6, 6.07) is 10.2. The predicted octanol–water partition coefficient (Wildman–Crippen LogP) is 5.29. The summed E-state index contributed by atoms with van der Waals surface area (Å²) in [5.41, 5.74) is 3.45. The molecule has 0 aliphatic rings. The number of H-pyrrole nitrogens is 1. The highest BCUT2D eigenvalue weighted by molar-refractivity contribution is 6.30. The average molecular weight is 430 g/mol. The Morgan fingerprint density at radius 2 is 1.90 bits per heavy atom. The lowest BCUT2D eigenvalue weighted by molar-refractivity contribution is 0.0519. The normalized spacial score (nSPS) is 10.7. The smallest absolute Gasteiger partial charge is 0.355 e. The Labute approximate surface area is 180 Å². The van der Waals surface area contributed by atoms with E-state index in [0.29, 0.717) is 28.8 Å². The van der Waals surface area contributed by atoms with E-state index in [9.17, 15) is 9.59 Å². The van der Waals surface area contributed by atoms with Crippen LogP contribution in [0.3, 0.4) is 0 Å². The minimum Gasteiger partial charge on any atom is -0.467 e. The molecule has 158 valence electrons. The van der Waals surface area contributed by atoms with Gasteiger partial charge in [0.15, 0.2) is 0 Å². The number of halogens is 1. The maximum atomic E-state index is 13.0. The molecule has 30 heavy (non-hydrogen) atoms. The highest BCUT2D eigenvalue weighted by atomic mass is 35.5. The molecule has 0 bridgehead atoms. The molecular formula is C22H24ClN3O4. The minimum absolute atomic E-state index is 0.269. The molecule has 2 heterocycles. The highest BCUT2D eigenvalue weighted by Crippen LogP contribution is 2.23. The topological polar surface area (TPSA) is 87.6 Å². The van der Waals surface area contributed by atoms with Gasteiger partial charge in [-0.25, -0.2) is 9.59 Å². The monoisotopic (exact) mass is 429 g/mol. The number of esters is 1. The van der Waals surface area contributed by atoms with Crippen LogP contribution < -0.4 is 5.32 Å². The van der Waals surface area contributed by atoms with E-state index in [1.165, 1.54) is 0 Å². The minimum atomic E-state index is -0.410. The van der Waals surface area contributed by atoms with Gasteiger partial charge in [-0.15, -0.1) is 0 Å². The molecule has 0 saturated carbocycles. The second kappa shape index (κ2) is 9.54. The van der Waals surface area contributed by atoms with Crippen molar-refractivity contribution in [3.8, 4) is 0 Å². The molecular weight excluding hydrogens is 406 g/mol. The van der Waals surface area contributed by atoms with Crippen molar-refractivity contribution < 1.29 is 18.7 Å². The van der Waals surface area contributed by atoms with Crippen molar-refractivity contribution in [2.75, 3.05) is 11.9 Å². The van der Waals surface area contributed by atoms with E-state index in [4.69, 9.17) is 20.8 Å². The van der Waals surface area contributed by atoms with E-state index in [0.717, 1.165) is 16.8 Å². The standard InChI is InChI=1S/C22H24ClN3O4/c1-4-29-21(27)20-14(2)19(15(3)24-20)13-26(12-18-6-5-11-30-18)22(28)25-17-9-7-16(23)8-10-17/h5-11,24H,4,12-13H2,1-3H3,(H,25,28). The number of urea groups is 1.